The summed E-state index contributed by atoms with van der Waals surface area (Å²) in [4.78, 5) is 10.8. The fourth-order valence-electron chi connectivity index (χ4n) is 2.32. The number of ether oxygens (including phenoxy) is 1. The number of hydrogen-bond acceptors (Lipinski definition) is 2. The Kier molecular flexibility index (Phi) is 4.05. The second-order valence-electron chi connectivity index (χ2n) is 4.38. The van der Waals surface area contributed by atoms with E-state index in [-0.39, 0.29) is 18.4 Å². The summed E-state index contributed by atoms with van der Waals surface area (Å²) in [5.41, 5.74) is 0. The third-order valence-corrected chi connectivity index (χ3v) is 3.80. The number of carbonyl (C=O) groups is 1. The molecule has 1 aliphatic carbocycles. The molecule has 2 rings (SSSR count). The molecular weight excluding hydrogens is 284 g/mol. The minimum absolute atomic E-state index is 0.0322. The van der Waals surface area contributed by atoms with Gasteiger partial charge in [-0.3, -0.25) is 4.79 Å². The van der Waals surface area contributed by atoms with Gasteiger partial charge in [-0.2, -0.15) is 0 Å². The van der Waals surface area contributed by atoms with Crippen molar-refractivity contribution in [1.82, 2.24) is 0 Å². The molecule has 0 spiro atoms. The van der Waals surface area contributed by atoms with Crippen molar-refractivity contribution in [3.63, 3.8) is 0 Å². The zero-order valence-corrected chi connectivity index (χ0v) is 11.0. The first-order valence-corrected chi connectivity index (χ1v) is 6.59. The molecule has 1 aliphatic rings. The van der Waals surface area contributed by atoms with Gasteiger partial charge in [0.05, 0.1) is 10.9 Å². The molecule has 2 atom stereocenters. The number of benzene rings is 1. The molecule has 3 nitrogen and oxygen atoms in total. The fraction of sp³-hybridized carbons (Fsp3) is 0.462. The monoisotopic (exact) mass is 298 g/mol. The van der Waals surface area contributed by atoms with Crippen LogP contribution in [0.15, 0.2) is 28.7 Å². The van der Waals surface area contributed by atoms with Crippen LogP contribution in [-0.4, -0.2) is 17.2 Å². The van der Waals surface area contributed by atoms with Gasteiger partial charge in [0.1, 0.15) is 11.9 Å². The zero-order chi connectivity index (χ0) is 12.3. The third-order valence-electron chi connectivity index (χ3n) is 3.14. The van der Waals surface area contributed by atoms with Gasteiger partial charge in [0.25, 0.3) is 0 Å². The molecule has 0 heterocycles. The molecule has 0 saturated heterocycles. The van der Waals surface area contributed by atoms with E-state index in [4.69, 9.17) is 9.84 Å². The van der Waals surface area contributed by atoms with Crippen LogP contribution in [0.5, 0.6) is 5.75 Å². The normalized spacial score (nSPS) is 23.6. The van der Waals surface area contributed by atoms with Gasteiger partial charge < -0.3 is 9.84 Å². The highest BCUT2D eigenvalue weighted by molar-refractivity contribution is 9.10. The molecule has 17 heavy (non-hydrogen) atoms. The maximum absolute atomic E-state index is 10.8. The first-order valence-electron chi connectivity index (χ1n) is 5.80. The molecule has 0 radical (unpaired) electrons. The summed E-state index contributed by atoms with van der Waals surface area (Å²) in [6.45, 7) is 0. The van der Waals surface area contributed by atoms with E-state index in [1.807, 2.05) is 24.3 Å². The first kappa shape index (κ1) is 12.4. The zero-order valence-electron chi connectivity index (χ0n) is 9.43. The summed E-state index contributed by atoms with van der Waals surface area (Å²) < 4.78 is 6.83. The molecule has 4 heteroatoms. The molecule has 1 saturated carbocycles. The van der Waals surface area contributed by atoms with Crippen molar-refractivity contribution in [1.29, 1.82) is 0 Å². The molecule has 1 aromatic carbocycles. The summed E-state index contributed by atoms with van der Waals surface area (Å²) in [5, 5.41) is 8.85. The van der Waals surface area contributed by atoms with Gasteiger partial charge in [0, 0.05) is 5.92 Å². The van der Waals surface area contributed by atoms with Gasteiger partial charge >= 0.3 is 5.97 Å². The van der Waals surface area contributed by atoms with Gasteiger partial charge in [-0.25, -0.2) is 0 Å². The maximum atomic E-state index is 10.8. The Morgan fingerprint density at radius 1 is 1.41 bits per heavy atom. The number of halogens is 1. The summed E-state index contributed by atoms with van der Waals surface area (Å²) in [5.74, 6) is 0.201. The largest absolute Gasteiger partial charge is 0.489 e. The molecule has 0 aliphatic heterocycles. The Labute approximate surface area is 109 Å². The van der Waals surface area contributed by atoms with Gasteiger partial charge in [0.15, 0.2) is 0 Å². The Hall–Kier alpha value is -1.03. The maximum Gasteiger partial charge on any atom is 0.303 e. The molecule has 0 aromatic heterocycles. The lowest BCUT2D eigenvalue weighted by atomic mass is 10.0. The van der Waals surface area contributed by atoms with Crippen LogP contribution in [0.2, 0.25) is 0 Å². The third kappa shape index (κ3) is 3.22. The Morgan fingerprint density at radius 3 is 2.88 bits per heavy atom. The Morgan fingerprint density at radius 2 is 2.18 bits per heavy atom. The van der Waals surface area contributed by atoms with Crippen molar-refractivity contribution >= 4 is 21.9 Å². The highest BCUT2D eigenvalue weighted by Crippen LogP contribution is 2.34. The van der Waals surface area contributed by atoms with Crippen LogP contribution < -0.4 is 4.74 Å². The molecule has 1 fully saturated rings. The first-order chi connectivity index (χ1) is 8.16. The molecule has 0 amide bonds. The molecule has 2 unspecified atom stereocenters. The molecule has 92 valence electrons. The van der Waals surface area contributed by atoms with E-state index < -0.39 is 5.97 Å². The summed E-state index contributed by atoms with van der Waals surface area (Å²) in [7, 11) is 0. The predicted molar refractivity (Wildman–Crippen MR) is 68.2 cm³/mol. The minimum atomic E-state index is -0.738. The van der Waals surface area contributed by atoms with Gasteiger partial charge in [-0.15, -0.1) is 0 Å². The van der Waals surface area contributed by atoms with E-state index in [9.17, 15) is 4.79 Å². The van der Waals surface area contributed by atoms with E-state index in [1.165, 1.54) is 0 Å². The van der Waals surface area contributed by atoms with Gasteiger partial charge in [-0.05, 0) is 47.3 Å². The number of rotatable bonds is 4. The molecule has 1 aromatic rings. The van der Waals surface area contributed by atoms with E-state index in [0.717, 1.165) is 29.5 Å². The Balaban J connectivity index is 2.03. The number of carboxylic acids is 1. The molecular formula is C13H15BrO3. The second kappa shape index (κ2) is 5.54. The molecule has 0 bridgehead atoms. The Bertz CT molecular complexity index is 405. The van der Waals surface area contributed by atoms with Crippen LogP contribution >= 0.6 is 15.9 Å². The smallest absolute Gasteiger partial charge is 0.303 e. The highest BCUT2D eigenvalue weighted by atomic mass is 79.9. The number of carboxylic acid groups (broad SMARTS) is 1. The van der Waals surface area contributed by atoms with E-state index in [1.54, 1.807) is 0 Å². The second-order valence-corrected chi connectivity index (χ2v) is 5.23. The van der Waals surface area contributed by atoms with Gasteiger partial charge in [0.2, 0.25) is 0 Å². The van der Waals surface area contributed by atoms with Crippen LogP contribution in [0, 0.1) is 5.92 Å². The highest BCUT2D eigenvalue weighted by Gasteiger charge is 2.31. The topological polar surface area (TPSA) is 46.5 Å². The quantitative estimate of drug-likeness (QED) is 0.926. The summed E-state index contributed by atoms with van der Waals surface area (Å²) in [6, 6.07) is 7.68. The summed E-state index contributed by atoms with van der Waals surface area (Å²) in [6.07, 6.45) is 3.17. The van der Waals surface area contributed by atoms with E-state index >= 15 is 0 Å². The van der Waals surface area contributed by atoms with Crippen LogP contribution in [0.4, 0.5) is 0 Å². The van der Waals surface area contributed by atoms with Crippen LogP contribution in [0.25, 0.3) is 0 Å². The summed E-state index contributed by atoms with van der Waals surface area (Å²) >= 11 is 3.43. The SMILES string of the molecule is O=C(O)CC1CCCC1Oc1ccccc1Br. The van der Waals surface area contributed by atoms with Crippen molar-refractivity contribution < 1.29 is 14.6 Å². The lowest BCUT2D eigenvalue weighted by molar-refractivity contribution is -0.138. The lowest BCUT2D eigenvalue weighted by Gasteiger charge is -2.20. The van der Waals surface area contributed by atoms with Crippen molar-refractivity contribution in [2.75, 3.05) is 0 Å². The van der Waals surface area contributed by atoms with Crippen LogP contribution in [-0.2, 0) is 4.79 Å². The lowest BCUT2D eigenvalue weighted by Crippen LogP contribution is -2.23. The number of hydrogen-bond donors (Lipinski definition) is 1. The van der Waals surface area contributed by atoms with Crippen molar-refractivity contribution in [3.8, 4) is 5.75 Å². The van der Waals surface area contributed by atoms with Crippen molar-refractivity contribution in [2.24, 2.45) is 5.92 Å². The average molecular weight is 299 g/mol. The minimum Gasteiger partial charge on any atom is -0.489 e. The van der Waals surface area contributed by atoms with E-state index in [2.05, 4.69) is 15.9 Å². The number of aliphatic carboxylic acids is 1. The molecule has 1 N–H and O–H groups in total. The van der Waals surface area contributed by atoms with Crippen LogP contribution in [0.1, 0.15) is 25.7 Å². The fourth-order valence-corrected chi connectivity index (χ4v) is 2.70. The standard InChI is InChI=1S/C13H15BrO3/c14-10-5-1-2-6-12(10)17-11-7-3-4-9(11)8-13(15)16/h1-2,5-6,9,11H,3-4,7-8H2,(H,15,16). The van der Waals surface area contributed by atoms with E-state index in [0.29, 0.717) is 0 Å². The number of para-hydroxylation sites is 1. The van der Waals surface area contributed by atoms with Crippen molar-refractivity contribution in [2.45, 2.75) is 31.8 Å². The van der Waals surface area contributed by atoms with Crippen molar-refractivity contribution in [3.05, 3.63) is 28.7 Å². The van der Waals surface area contributed by atoms with Gasteiger partial charge in [-0.1, -0.05) is 12.1 Å². The van der Waals surface area contributed by atoms with Crippen LogP contribution in [0.3, 0.4) is 0 Å². The average Bonchev–Trinajstić information content (AvgIpc) is 2.68. The predicted octanol–water partition coefficient (Wildman–Crippen LogP) is 3.47.